The number of anilines is 1. The molecule has 0 bridgehead atoms. The Hall–Kier alpha value is -3.15. The maximum absolute atomic E-state index is 13.6. The van der Waals surface area contributed by atoms with E-state index >= 15 is 0 Å². The highest BCUT2D eigenvalue weighted by Crippen LogP contribution is 2.33. The molecule has 4 aromatic rings. The first-order valence-corrected chi connectivity index (χ1v) is 14.2. The van der Waals surface area contributed by atoms with E-state index < -0.39 is 25.6 Å². The largest absolute Gasteiger partial charge is 0.279 e. The van der Waals surface area contributed by atoms with Crippen LogP contribution >= 0.6 is 11.3 Å². The van der Waals surface area contributed by atoms with Crippen LogP contribution in [-0.4, -0.2) is 45.2 Å². The molecule has 0 saturated carbocycles. The molecule has 33 heavy (non-hydrogen) atoms. The number of carbonyl (C=O) groups is 1. The van der Waals surface area contributed by atoms with E-state index in [1.807, 2.05) is 0 Å². The van der Waals surface area contributed by atoms with E-state index in [2.05, 4.69) is 9.97 Å². The van der Waals surface area contributed by atoms with Crippen LogP contribution in [0.15, 0.2) is 76.8 Å². The van der Waals surface area contributed by atoms with Crippen molar-refractivity contribution in [1.29, 1.82) is 0 Å². The van der Waals surface area contributed by atoms with Gasteiger partial charge in [-0.2, -0.15) is 0 Å². The molecule has 0 N–H and O–H groups in total. The van der Waals surface area contributed by atoms with E-state index in [0.717, 1.165) is 29.4 Å². The Morgan fingerprint density at radius 1 is 0.970 bits per heavy atom. The molecular weight excluding hydrogens is 482 g/mol. The Bertz CT molecular complexity index is 1560. The van der Waals surface area contributed by atoms with Gasteiger partial charge in [-0.1, -0.05) is 29.5 Å². The van der Waals surface area contributed by atoms with Crippen molar-refractivity contribution in [2.45, 2.75) is 16.3 Å². The van der Waals surface area contributed by atoms with Crippen LogP contribution in [0.1, 0.15) is 15.9 Å². The third kappa shape index (κ3) is 4.95. The predicted octanol–water partition coefficient (Wildman–Crippen LogP) is 3.35. The van der Waals surface area contributed by atoms with Crippen LogP contribution in [0, 0.1) is 0 Å². The molecule has 0 radical (unpaired) electrons. The van der Waals surface area contributed by atoms with Crippen molar-refractivity contribution in [1.82, 2.24) is 9.97 Å². The van der Waals surface area contributed by atoms with E-state index in [1.54, 1.807) is 42.7 Å². The number of thiazole rings is 1. The number of benzene rings is 2. The number of carbonyl (C=O) groups excluding carboxylic acids is 1. The minimum atomic E-state index is -3.66. The van der Waals surface area contributed by atoms with Gasteiger partial charge in [-0.3, -0.25) is 14.7 Å². The Morgan fingerprint density at radius 2 is 1.73 bits per heavy atom. The van der Waals surface area contributed by atoms with Crippen LogP contribution in [0.25, 0.3) is 10.2 Å². The summed E-state index contributed by atoms with van der Waals surface area (Å²) < 4.78 is 49.1. The zero-order valence-corrected chi connectivity index (χ0v) is 20.1. The molecule has 0 aliphatic rings. The monoisotopic (exact) mass is 501 g/mol. The fourth-order valence-electron chi connectivity index (χ4n) is 3.25. The third-order valence-electron chi connectivity index (χ3n) is 4.83. The molecule has 8 nitrogen and oxygen atoms in total. The number of pyridine rings is 1. The normalized spacial score (nSPS) is 12.1. The highest BCUT2D eigenvalue weighted by Gasteiger charge is 2.26. The van der Waals surface area contributed by atoms with Gasteiger partial charge in [0.25, 0.3) is 5.91 Å². The standard InChI is InChI=1S/C22H19N3O5S3/c1-32(27,28)16-9-10-18-19(12-16)31-22(24-18)25(14-15-6-5-11-23-13-15)21(26)17-7-3-4-8-20(17)33(2,29)30/h3-13H,14H2,1-2H3. The number of hydrogen-bond donors (Lipinski definition) is 0. The van der Waals surface area contributed by atoms with Crippen molar-refractivity contribution in [3.05, 3.63) is 78.1 Å². The van der Waals surface area contributed by atoms with Crippen LogP contribution < -0.4 is 4.90 Å². The van der Waals surface area contributed by atoms with E-state index in [4.69, 9.17) is 0 Å². The Kier molecular flexibility index (Phi) is 6.04. The predicted molar refractivity (Wildman–Crippen MR) is 127 cm³/mol. The highest BCUT2D eigenvalue weighted by atomic mass is 32.2. The summed E-state index contributed by atoms with van der Waals surface area (Å²) in [7, 11) is -7.07. The first kappa shape index (κ1) is 23.0. The van der Waals surface area contributed by atoms with Crippen molar-refractivity contribution >= 4 is 52.3 Å². The van der Waals surface area contributed by atoms with E-state index in [9.17, 15) is 21.6 Å². The van der Waals surface area contributed by atoms with Gasteiger partial charge in [0, 0.05) is 24.9 Å². The molecule has 0 fully saturated rings. The van der Waals surface area contributed by atoms with Crippen LogP contribution in [-0.2, 0) is 26.2 Å². The van der Waals surface area contributed by atoms with Crippen molar-refractivity contribution in [3.63, 3.8) is 0 Å². The molecule has 0 aliphatic heterocycles. The van der Waals surface area contributed by atoms with E-state index in [0.29, 0.717) is 15.3 Å². The summed E-state index contributed by atoms with van der Waals surface area (Å²) in [4.78, 5) is 23.7. The molecule has 0 aliphatic carbocycles. The van der Waals surface area contributed by atoms with Gasteiger partial charge < -0.3 is 0 Å². The molecule has 2 aromatic carbocycles. The smallest absolute Gasteiger partial charge is 0.261 e. The molecule has 0 unspecified atom stereocenters. The minimum absolute atomic E-state index is 0.0278. The first-order chi connectivity index (χ1) is 15.5. The lowest BCUT2D eigenvalue weighted by molar-refractivity contribution is 0.0982. The molecule has 0 atom stereocenters. The summed E-state index contributed by atoms with van der Waals surface area (Å²) in [6.45, 7) is 0.101. The maximum Gasteiger partial charge on any atom is 0.261 e. The first-order valence-electron chi connectivity index (χ1n) is 9.64. The van der Waals surface area contributed by atoms with Gasteiger partial charge in [-0.25, -0.2) is 21.8 Å². The molecule has 0 saturated heterocycles. The molecule has 170 valence electrons. The Labute approximate surface area is 195 Å². The molecular formula is C22H19N3O5S3. The van der Waals surface area contributed by atoms with Crippen LogP contribution in [0.4, 0.5) is 5.13 Å². The topological polar surface area (TPSA) is 114 Å². The highest BCUT2D eigenvalue weighted by molar-refractivity contribution is 7.91. The van der Waals surface area contributed by atoms with E-state index in [-0.39, 0.29) is 21.9 Å². The molecule has 11 heteroatoms. The van der Waals surface area contributed by atoms with Gasteiger partial charge in [-0.15, -0.1) is 0 Å². The summed E-state index contributed by atoms with van der Waals surface area (Å²) in [6.07, 6.45) is 5.39. The van der Waals surface area contributed by atoms with Crippen molar-refractivity contribution in [3.8, 4) is 0 Å². The summed E-state index contributed by atoms with van der Waals surface area (Å²) in [5, 5.41) is 0.313. The molecule has 2 heterocycles. The van der Waals surface area contributed by atoms with E-state index in [1.165, 1.54) is 29.2 Å². The average molecular weight is 502 g/mol. The fourth-order valence-corrected chi connectivity index (χ4v) is 5.86. The van der Waals surface area contributed by atoms with Gasteiger partial charge in [0.1, 0.15) is 0 Å². The lowest BCUT2D eigenvalue weighted by Gasteiger charge is -2.21. The fraction of sp³-hybridized carbons (Fsp3) is 0.136. The summed E-state index contributed by atoms with van der Waals surface area (Å²) in [5.41, 5.74) is 1.28. The lowest BCUT2D eigenvalue weighted by atomic mass is 10.2. The second kappa shape index (κ2) is 8.65. The van der Waals surface area contributed by atoms with Gasteiger partial charge in [-0.05, 0) is 42.0 Å². The third-order valence-corrected chi connectivity index (χ3v) is 8.14. The quantitative estimate of drug-likeness (QED) is 0.398. The molecule has 0 spiro atoms. The van der Waals surface area contributed by atoms with Gasteiger partial charge in [0.15, 0.2) is 24.8 Å². The van der Waals surface area contributed by atoms with Crippen LogP contribution in [0.5, 0.6) is 0 Å². The zero-order chi connectivity index (χ0) is 23.8. The van der Waals surface area contributed by atoms with Gasteiger partial charge >= 0.3 is 0 Å². The Morgan fingerprint density at radius 3 is 2.39 bits per heavy atom. The maximum atomic E-state index is 13.6. The van der Waals surface area contributed by atoms with Gasteiger partial charge in [0.05, 0.1) is 32.1 Å². The molecule has 1 amide bonds. The average Bonchev–Trinajstić information content (AvgIpc) is 3.19. The zero-order valence-electron chi connectivity index (χ0n) is 17.7. The number of hydrogen-bond acceptors (Lipinski definition) is 8. The Balaban J connectivity index is 1.85. The van der Waals surface area contributed by atoms with Gasteiger partial charge in [0.2, 0.25) is 0 Å². The molecule has 2 aromatic heterocycles. The number of amides is 1. The number of sulfone groups is 2. The van der Waals surface area contributed by atoms with Crippen molar-refractivity contribution < 1.29 is 21.6 Å². The number of aromatic nitrogens is 2. The SMILES string of the molecule is CS(=O)(=O)c1ccc2nc(N(Cc3cccnc3)C(=O)c3ccccc3S(C)(=O)=O)sc2c1. The second-order valence-corrected chi connectivity index (χ2v) is 12.4. The summed E-state index contributed by atoms with van der Waals surface area (Å²) >= 11 is 1.15. The summed E-state index contributed by atoms with van der Waals surface area (Å²) in [5.74, 6) is -0.540. The van der Waals surface area contributed by atoms with Crippen LogP contribution in [0.3, 0.4) is 0 Å². The van der Waals surface area contributed by atoms with Crippen molar-refractivity contribution in [2.75, 3.05) is 17.4 Å². The van der Waals surface area contributed by atoms with Crippen molar-refractivity contribution in [2.24, 2.45) is 0 Å². The number of nitrogens with zero attached hydrogens (tertiary/aromatic N) is 3. The lowest BCUT2D eigenvalue weighted by Crippen LogP contribution is -2.31. The minimum Gasteiger partial charge on any atom is -0.279 e. The second-order valence-electron chi connectivity index (χ2n) is 7.42. The summed E-state index contributed by atoms with van der Waals surface area (Å²) in [6, 6.07) is 14.1. The molecule has 4 rings (SSSR count). The number of rotatable bonds is 6. The number of fused-ring (bicyclic) bond motifs is 1. The van der Waals surface area contributed by atoms with Crippen LogP contribution in [0.2, 0.25) is 0 Å².